The lowest BCUT2D eigenvalue weighted by Crippen LogP contribution is -2.31. The van der Waals surface area contributed by atoms with E-state index >= 15 is 0 Å². The average molecular weight is 302 g/mol. The molecule has 0 atom stereocenters. The van der Waals surface area contributed by atoms with Gasteiger partial charge in [0.2, 0.25) is 0 Å². The molecule has 1 aromatic rings. The zero-order valence-corrected chi connectivity index (χ0v) is 11.9. The summed E-state index contributed by atoms with van der Waals surface area (Å²) < 4.78 is 6.62. The number of hydrogen-bond donors (Lipinski definition) is 1. The van der Waals surface area contributed by atoms with Crippen molar-refractivity contribution >= 4 is 33.1 Å². The van der Waals surface area contributed by atoms with Crippen molar-refractivity contribution in [1.82, 2.24) is 0 Å². The van der Waals surface area contributed by atoms with Crippen LogP contribution in [-0.2, 0) is 0 Å². The Hall–Kier alpha value is -0.610. The predicted molar refractivity (Wildman–Crippen MR) is 74.8 cm³/mol. The Morgan fingerprint density at radius 3 is 2.62 bits per heavy atom. The van der Waals surface area contributed by atoms with E-state index in [0.29, 0.717) is 11.6 Å². The number of nitrogens with two attached hydrogens (primary N) is 1. The molecule has 0 aliphatic heterocycles. The van der Waals surface area contributed by atoms with Gasteiger partial charge in [0.25, 0.3) is 0 Å². The van der Waals surface area contributed by atoms with Gasteiger partial charge in [-0.1, -0.05) is 38.2 Å². The van der Waals surface area contributed by atoms with Crippen molar-refractivity contribution in [3.8, 4) is 5.75 Å². The number of ether oxygens (including phenoxy) is 1. The van der Waals surface area contributed by atoms with E-state index in [9.17, 15) is 0 Å². The molecule has 0 fully saturated rings. The van der Waals surface area contributed by atoms with Crippen LogP contribution < -0.4 is 10.5 Å². The molecule has 0 unspecified atom stereocenters. The summed E-state index contributed by atoms with van der Waals surface area (Å²) in [6, 6.07) is 7.78. The van der Waals surface area contributed by atoms with Crippen LogP contribution in [0, 0.1) is 5.41 Å². The largest absolute Gasteiger partial charge is 0.492 e. The van der Waals surface area contributed by atoms with Crippen LogP contribution in [0.25, 0.3) is 0 Å². The summed E-state index contributed by atoms with van der Waals surface area (Å²) in [5, 5.41) is 0. The van der Waals surface area contributed by atoms with Gasteiger partial charge in [-0.2, -0.15) is 0 Å². The number of hydrogen-bond acceptors (Lipinski definition) is 2. The molecular formula is C12H16BrNOS. The van der Waals surface area contributed by atoms with Gasteiger partial charge in [-0.15, -0.1) is 0 Å². The second kappa shape index (κ2) is 5.64. The SMILES string of the molecule is CC(C)(CCOc1ccccc1Br)C(N)=S. The smallest absolute Gasteiger partial charge is 0.133 e. The lowest BCUT2D eigenvalue weighted by Gasteiger charge is -2.22. The topological polar surface area (TPSA) is 35.2 Å². The van der Waals surface area contributed by atoms with E-state index < -0.39 is 0 Å². The first kappa shape index (κ1) is 13.5. The summed E-state index contributed by atoms with van der Waals surface area (Å²) in [7, 11) is 0. The van der Waals surface area contributed by atoms with E-state index in [2.05, 4.69) is 15.9 Å². The highest BCUT2D eigenvalue weighted by atomic mass is 79.9. The molecule has 2 N–H and O–H groups in total. The fourth-order valence-electron chi connectivity index (χ4n) is 1.10. The molecule has 2 nitrogen and oxygen atoms in total. The maximum Gasteiger partial charge on any atom is 0.133 e. The summed E-state index contributed by atoms with van der Waals surface area (Å²) in [6.07, 6.45) is 0.809. The molecule has 0 spiro atoms. The van der Waals surface area contributed by atoms with Crippen LogP contribution in [0.15, 0.2) is 28.7 Å². The fourth-order valence-corrected chi connectivity index (χ4v) is 1.60. The third-order valence-electron chi connectivity index (χ3n) is 2.49. The van der Waals surface area contributed by atoms with Crippen molar-refractivity contribution in [3.05, 3.63) is 28.7 Å². The van der Waals surface area contributed by atoms with Gasteiger partial charge < -0.3 is 10.5 Å². The lowest BCUT2D eigenvalue weighted by atomic mass is 9.90. The Labute approximate surface area is 110 Å². The highest BCUT2D eigenvalue weighted by molar-refractivity contribution is 9.10. The highest BCUT2D eigenvalue weighted by Crippen LogP contribution is 2.26. The molecule has 1 rings (SSSR count). The molecule has 4 heteroatoms. The molecule has 0 saturated heterocycles. The summed E-state index contributed by atoms with van der Waals surface area (Å²) in [6.45, 7) is 4.66. The minimum absolute atomic E-state index is 0.156. The van der Waals surface area contributed by atoms with Gasteiger partial charge in [0.05, 0.1) is 16.1 Å². The standard InChI is InChI=1S/C12H16BrNOS/c1-12(2,11(14)16)7-8-15-10-6-4-3-5-9(10)13/h3-6H,7-8H2,1-2H3,(H2,14,16). The monoisotopic (exact) mass is 301 g/mol. The summed E-state index contributed by atoms with van der Waals surface area (Å²) in [5.74, 6) is 0.848. The maximum atomic E-state index is 5.66. The second-order valence-electron chi connectivity index (χ2n) is 4.28. The normalized spacial score (nSPS) is 11.2. The number of halogens is 1. The Kier molecular flexibility index (Phi) is 4.74. The quantitative estimate of drug-likeness (QED) is 0.845. The van der Waals surface area contributed by atoms with Crippen molar-refractivity contribution in [2.24, 2.45) is 11.1 Å². The zero-order valence-electron chi connectivity index (χ0n) is 9.50. The molecule has 0 radical (unpaired) electrons. The van der Waals surface area contributed by atoms with Gasteiger partial charge in [-0.05, 0) is 34.5 Å². The molecule has 0 bridgehead atoms. The van der Waals surface area contributed by atoms with E-state index in [4.69, 9.17) is 22.7 Å². The molecule has 88 valence electrons. The Morgan fingerprint density at radius 2 is 2.06 bits per heavy atom. The third-order valence-corrected chi connectivity index (χ3v) is 3.70. The molecule has 0 aliphatic carbocycles. The molecule has 0 aromatic heterocycles. The second-order valence-corrected chi connectivity index (χ2v) is 5.57. The lowest BCUT2D eigenvalue weighted by molar-refractivity contribution is 0.269. The first-order valence-corrected chi connectivity index (χ1v) is 6.31. The van der Waals surface area contributed by atoms with Crippen molar-refractivity contribution < 1.29 is 4.74 Å². The number of benzene rings is 1. The Balaban J connectivity index is 2.48. The van der Waals surface area contributed by atoms with Crippen LogP contribution in [0.5, 0.6) is 5.75 Å². The fraction of sp³-hybridized carbons (Fsp3) is 0.417. The summed E-state index contributed by atoms with van der Waals surface area (Å²) in [4.78, 5) is 0.531. The molecule has 0 amide bonds. The third kappa shape index (κ3) is 3.76. The van der Waals surface area contributed by atoms with Crippen molar-refractivity contribution in [1.29, 1.82) is 0 Å². The molecule has 16 heavy (non-hydrogen) atoms. The van der Waals surface area contributed by atoms with E-state index in [1.54, 1.807) is 0 Å². The highest BCUT2D eigenvalue weighted by Gasteiger charge is 2.21. The van der Waals surface area contributed by atoms with Crippen LogP contribution in [-0.4, -0.2) is 11.6 Å². The average Bonchev–Trinajstić information content (AvgIpc) is 2.20. The van der Waals surface area contributed by atoms with Gasteiger partial charge in [0, 0.05) is 5.41 Å². The van der Waals surface area contributed by atoms with E-state index in [-0.39, 0.29) is 5.41 Å². The molecule has 0 saturated carbocycles. The molecular weight excluding hydrogens is 286 g/mol. The predicted octanol–water partition coefficient (Wildman–Crippen LogP) is 3.53. The zero-order chi connectivity index (χ0) is 12.2. The van der Waals surface area contributed by atoms with Crippen LogP contribution in [0.2, 0.25) is 0 Å². The van der Waals surface area contributed by atoms with Gasteiger partial charge in [0.15, 0.2) is 0 Å². The van der Waals surface area contributed by atoms with Crippen LogP contribution >= 0.6 is 28.1 Å². The van der Waals surface area contributed by atoms with E-state index in [1.807, 2.05) is 38.1 Å². The van der Waals surface area contributed by atoms with Crippen LogP contribution in [0.4, 0.5) is 0 Å². The van der Waals surface area contributed by atoms with Crippen molar-refractivity contribution in [2.45, 2.75) is 20.3 Å². The van der Waals surface area contributed by atoms with Crippen molar-refractivity contribution in [2.75, 3.05) is 6.61 Å². The first-order chi connectivity index (χ1) is 7.43. The minimum Gasteiger partial charge on any atom is -0.492 e. The number of para-hydroxylation sites is 1. The molecule has 0 heterocycles. The number of thiocarbonyl (C=S) groups is 1. The van der Waals surface area contributed by atoms with Gasteiger partial charge in [-0.25, -0.2) is 0 Å². The first-order valence-electron chi connectivity index (χ1n) is 5.11. The Morgan fingerprint density at radius 1 is 1.44 bits per heavy atom. The van der Waals surface area contributed by atoms with Crippen LogP contribution in [0.1, 0.15) is 20.3 Å². The Bertz CT molecular complexity index is 379. The van der Waals surface area contributed by atoms with Crippen molar-refractivity contribution in [3.63, 3.8) is 0 Å². The summed E-state index contributed by atoms with van der Waals surface area (Å²) >= 11 is 8.43. The van der Waals surface area contributed by atoms with Gasteiger partial charge in [-0.3, -0.25) is 0 Å². The number of rotatable bonds is 5. The van der Waals surface area contributed by atoms with Crippen LogP contribution in [0.3, 0.4) is 0 Å². The van der Waals surface area contributed by atoms with Gasteiger partial charge >= 0.3 is 0 Å². The molecule has 0 aliphatic rings. The van der Waals surface area contributed by atoms with E-state index in [0.717, 1.165) is 16.6 Å². The molecule has 1 aromatic carbocycles. The maximum absolute atomic E-state index is 5.66. The van der Waals surface area contributed by atoms with Gasteiger partial charge in [0.1, 0.15) is 5.75 Å². The summed E-state index contributed by atoms with van der Waals surface area (Å²) in [5.41, 5.74) is 5.49. The minimum atomic E-state index is -0.156. The van der Waals surface area contributed by atoms with E-state index in [1.165, 1.54) is 0 Å².